The fourth-order valence-electron chi connectivity index (χ4n) is 2.15. The summed E-state index contributed by atoms with van der Waals surface area (Å²) in [6.07, 6.45) is 0.962. The van der Waals surface area contributed by atoms with Gasteiger partial charge in [0.1, 0.15) is 11.3 Å². The molecule has 0 aliphatic carbocycles. The van der Waals surface area contributed by atoms with Gasteiger partial charge in [-0.2, -0.15) is 4.39 Å². The molecule has 1 heterocycles. The molecule has 0 aliphatic heterocycles. The average molecular weight is 402 g/mol. The van der Waals surface area contributed by atoms with Gasteiger partial charge in [-0.05, 0) is 52.2 Å². The molecule has 9 heteroatoms. The number of pyridine rings is 1. The standard InChI is InChI=1S/C18H25ClFN3O4/c1-18(2,3)27-17(26)21-10-5-4-7-12(14(24)11-19)23-16(25)13-8-6-9-15(20)22-13/h6,8-9,12H,4-5,7,10-11H2,1-3H3,(H,21,26)(H,23,25)/t12-/m0/s1. The Hall–Kier alpha value is -2.22. The molecule has 0 aliphatic rings. The van der Waals surface area contributed by atoms with E-state index in [0.717, 1.165) is 6.07 Å². The Morgan fingerprint density at radius 2 is 1.96 bits per heavy atom. The predicted molar refractivity (Wildman–Crippen MR) is 99.3 cm³/mol. The Kier molecular flexibility index (Phi) is 9.14. The number of carbonyl (C=O) groups excluding carboxylic acids is 3. The molecule has 1 atom stereocenters. The van der Waals surface area contributed by atoms with Crippen LogP contribution in [0.2, 0.25) is 0 Å². The third kappa shape index (κ3) is 9.33. The number of hydrogen-bond acceptors (Lipinski definition) is 5. The number of rotatable bonds is 9. The number of alkyl carbamates (subject to hydrolysis) is 1. The lowest BCUT2D eigenvalue weighted by atomic mass is 10.1. The van der Waals surface area contributed by atoms with Gasteiger partial charge < -0.3 is 15.4 Å². The molecule has 0 spiro atoms. The molecule has 0 fully saturated rings. The topological polar surface area (TPSA) is 97.4 Å². The van der Waals surface area contributed by atoms with Crippen molar-refractivity contribution >= 4 is 29.4 Å². The van der Waals surface area contributed by atoms with Gasteiger partial charge in [0, 0.05) is 6.54 Å². The highest BCUT2D eigenvalue weighted by Gasteiger charge is 2.21. The Balaban J connectivity index is 2.46. The fourth-order valence-corrected chi connectivity index (χ4v) is 2.34. The number of halogens is 2. The number of Topliss-reactive ketones (excluding diaryl/α,β-unsaturated/α-hetero) is 1. The normalized spacial score (nSPS) is 12.2. The summed E-state index contributed by atoms with van der Waals surface area (Å²) in [7, 11) is 0. The van der Waals surface area contributed by atoms with Crippen molar-refractivity contribution in [3.8, 4) is 0 Å². The summed E-state index contributed by atoms with van der Waals surface area (Å²) in [6, 6.07) is 3.03. The maximum Gasteiger partial charge on any atom is 0.407 e. The van der Waals surface area contributed by atoms with E-state index in [1.807, 2.05) is 0 Å². The van der Waals surface area contributed by atoms with Gasteiger partial charge in [-0.1, -0.05) is 6.07 Å². The van der Waals surface area contributed by atoms with E-state index in [4.69, 9.17) is 16.3 Å². The van der Waals surface area contributed by atoms with Crippen LogP contribution in [-0.2, 0) is 9.53 Å². The minimum atomic E-state index is -0.804. The van der Waals surface area contributed by atoms with Crippen molar-refractivity contribution in [1.82, 2.24) is 15.6 Å². The highest BCUT2D eigenvalue weighted by Crippen LogP contribution is 2.08. The molecule has 0 saturated heterocycles. The zero-order valence-electron chi connectivity index (χ0n) is 15.7. The van der Waals surface area contributed by atoms with Crippen LogP contribution >= 0.6 is 11.6 Å². The van der Waals surface area contributed by atoms with E-state index in [1.54, 1.807) is 20.8 Å². The van der Waals surface area contributed by atoms with Gasteiger partial charge in [0.2, 0.25) is 5.95 Å². The number of aromatic nitrogens is 1. The quantitative estimate of drug-likeness (QED) is 0.376. The van der Waals surface area contributed by atoms with E-state index in [0.29, 0.717) is 25.8 Å². The summed E-state index contributed by atoms with van der Waals surface area (Å²) in [4.78, 5) is 39.1. The molecule has 0 saturated carbocycles. The largest absolute Gasteiger partial charge is 0.444 e. The molecule has 27 heavy (non-hydrogen) atoms. The van der Waals surface area contributed by atoms with Crippen molar-refractivity contribution in [3.63, 3.8) is 0 Å². The van der Waals surface area contributed by atoms with Crippen LogP contribution < -0.4 is 10.6 Å². The first-order valence-corrected chi connectivity index (χ1v) is 9.15. The lowest BCUT2D eigenvalue weighted by Gasteiger charge is -2.20. The van der Waals surface area contributed by atoms with Gasteiger partial charge in [0.05, 0.1) is 11.9 Å². The van der Waals surface area contributed by atoms with E-state index in [1.165, 1.54) is 12.1 Å². The maximum atomic E-state index is 13.1. The van der Waals surface area contributed by atoms with Gasteiger partial charge in [-0.15, -0.1) is 11.6 Å². The van der Waals surface area contributed by atoms with Crippen molar-refractivity contribution in [2.75, 3.05) is 12.4 Å². The Labute approximate surface area is 163 Å². The van der Waals surface area contributed by atoms with Crippen molar-refractivity contribution in [1.29, 1.82) is 0 Å². The molecule has 0 unspecified atom stereocenters. The van der Waals surface area contributed by atoms with Crippen LogP contribution in [-0.4, -0.2) is 46.8 Å². The van der Waals surface area contributed by atoms with Gasteiger partial charge in [-0.3, -0.25) is 9.59 Å². The Bertz CT molecular complexity index is 664. The summed E-state index contributed by atoms with van der Waals surface area (Å²) < 4.78 is 18.2. The van der Waals surface area contributed by atoms with Crippen LogP contribution in [0.25, 0.3) is 0 Å². The Morgan fingerprint density at radius 3 is 2.56 bits per heavy atom. The SMILES string of the molecule is CC(C)(C)OC(=O)NCCCC[C@H](NC(=O)c1cccc(F)n1)C(=O)CCl. The first kappa shape index (κ1) is 22.8. The highest BCUT2D eigenvalue weighted by molar-refractivity contribution is 6.28. The molecule has 0 bridgehead atoms. The molecule has 150 valence electrons. The molecule has 2 amide bonds. The Morgan fingerprint density at radius 1 is 1.26 bits per heavy atom. The van der Waals surface area contributed by atoms with Crippen LogP contribution in [0.1, 0.15) is 50.5 Å². The van der Waals surface area contributed by atoms with Crippen LogP contribution in [0.5, 0.6) is 0 Å². The van der Waals surface area contributed by atoms with Crippen molar-refractivity contribution in [3.05, 3.63) is 29.8 Å². The number of amides is 2. The second-order valence-corrected chi connectivity index (χ2v) is 7.16. The van der Waals surface area contributed by atoms with Crippen molar-refractivity contribution in [2.45, 2.75) is 51.7 Å². The summed E-state index contributed by atoms with van der Waals surface area (Å²) >= 11 is 5.59. The van der Waals surface area contributed by atoms with Crippen LogP contribution in [0.15, 0.2) is 18.2 Å². The maximum absolute atomic E-state index is 13.1. The smallest absolute Gasteiger partial charge is 0.407 e. The monoisotopic (exact) mass is 401 g/mol. The number of unbranched alkanes of at least 4 members (excludes halogenated alkanes) is 1. The van der Waals surface area contributed by atoms with E-state index in [-0.39, 0.29) is 17.4 Å². The lowest BCUT2D eigenvalue weighted by Crippen LogP contribution is -2.42. The zero-order valence-corrected chi connectivity index (χ0v) is 16.4. The molecular formula is C18H25ClFN3O4. The summed E-state index contributed by atoms with van der Waals surface area (Å²) in [5.74, 6) is -2.03. The van der Waals surface area contributed by atoms with Gasteiger partial charge in [0.25, 0.3) is 5.91 Å². The summed E-state index contributed by atoms with van der Waals surface area (Å²) in [5.41, 5.74) is -0.689. The summed E-state index contributed by atoms with van der Waals surface area (Å²) in [5, 5.41) is 5.15. The van der Waals surface area contributed by atoms with E-state index in [2.05, 4.69) is 15.6 Å². The van der Waals surface area contributed by atoms with E-state index >= 15 is 0 Å². The first-order valence-electron chi connectivity index (χ1n) is 8.61. The molecule has 2 N–H and O–H groups in total. The minimum Gasteiger partial charge on any atom is -0.444 e. The number of ketones is 1. The molecular weight excluding hydrogens is 377 g/mol. The second kappa shape index (κ2) is 10.8. The third-order valence-electron chi connectivity index (χ3n) is 3.36. The zero-order chi connectivity index (χ0) is 20.4. The minimum absolute atomic E-state index is 0.117. The first-order chi connectivity index (χ1) is 12.6. The van der Waals surface area contributed by atoms with Gasteiger partial charge >= 0.3 is 6.09 Å². The highest BCUT2D eigenvalue weighted by atomic mass is 35.5. The molecule has 0 radical (unpaired) electrons. The third-order valence-corrected chi connectivity index (χ3v) is 3.62. The molecule has 1 aromatic heterocycles. The van der Waals surface area contributed by atoms with Gasteiger partial charge in [-0.25, -0.2) is 9.78 Å². The number of nitrogens with zero attached hydrogens (tertiary/aromatic N) is 1. The second-order valence-electron chi connectivity index (χ2n) is 6.90. The van der Waals surface area contributed by atoms with Crippen LogP contribution in [0.3, 0.4) is 0 Å². The van der Waals surface area contributed by atoms with Crippen molar-refractivity contribution in [2.24, 2.45) is 0 Å². The molecule has 1 rings (SSSR count). The average Bonchev–Trinajstić information content (AvgIpc) is 2.58. The van der Waals surface area contributed by atoms with Crippen LogP contribution in [0, 0.1) is 5.95 Å². The number of nitrogens with one attached hydrogen (secondary N) is 2. The number of carbonyl (C=O) groups is 3. The van der Waals surface area contributed by atoms with Crippen LogP contribution in [0.4, 0.5) is 9.18 Å². The molecule has 7 nitrogen and oxygen atoms in total. The van der Waals surface area contributed by atoms with E-state index < -0.39 is 29.6 Å². The van der Waals surface area contributed by atoms with Crippen molar-refractivity contribution < 1.29 is 23.5 Å². The number of hydrogen-bond donors (Lipinski definition) is 2. The number of alkyl halides is 1. The fraction of sp³-hybridized carbons (Fsp3) is 0.556. The van der Waals surface area contributed by atoms with Gasteiger partial charge in [0.15, 0.2) is 5.78 Å². The predicted octanol–water partition coefficient (Wildman–Crippen LogP) is 2.82. The number of ether oxygens (including phenoxy) is 1. The molecule has 0 aromatic carbocycles. The van der Waals surface area contributed by atoms with E-state index in [9.17, 15) is 18.8 Å². The lowest BCUT2D eigenvalue weighted by molar-refractivity contribution is -0.118. The molecule has 1 aromatic rings. The summed E-state index contributed by atoms with van der Waals surface area (Å²) in [6.45, 7) is 5.68.